The maximum atomic E-state index is 12.8. The number of nitrogens with one attached hydrogen (secondary N) is 1. The van der Waals surface area contributed by atoms with Crippen LogP contribution in [0.5, 0.6) is 5.75 Å². The Kier molecular flexibility index (Phi) is 7.02. The minimum atomic E-state index is -3.66. The van der Waals surface area contributed by atoms with Crippen molar-refractivity contribution in [1.82, 2.24) is 4.31 Å². The van der Waals surface area contributed by atoms with Gasteiger partial charge in [0.25, 0.3) is 5.91 Å². The fourth-order valence-electron chi connectivity index (χ4n) is 2.73. The Hall–Kier alpha value is -1.84. The minimum absolute atomic E-state index is 0.103. The van der Waals surface area contributed by atoms with Crippen LogP contribution in [-0.2, 0) is 19.6 Å². The maximum Gasteiger partial charge on any atom is 0.265 e. The van der Waals surface area contributed by atoms with Crippen LogP contribution in [0.25, 0.3) is 0 Å². The zero-order valence-electron chi connectivity index (χ0n) is 15.6. The third-order valence-corrected chi connectivity index (χ3v) is 6.70. The molecule has 2 aromatic rings. The number of carbonyl (C=O) groups excluding carboxylic acids is 1. The quantitative estimate of drug-likeness (QED) is 0.716. The van der Waals surface area contributed by atoms with Crippen molar-refractivity contribution in [1.29, 1.82) is 0 Å². The van der Waals surface area contributed by atoms with Gasteiger partial charge in [0.15, 0.2) is 6.10 Å². The summed E-state index contributed by atoms with van der Waals surface area (Å²) in [4.78, 5) is 12.6. The van der Waals surface area contributed by atoms with Crippen LogP contribution in [0, 0.1) is 0 Å². The molecule has 29 heavy (non-hydrogen) atoms. The summed E-state index contributed by atoms with van der Waals surface area (Å²) in [5.41, 5.74) is 0.349. The fraction of sp³-hybridized carbons (Fsp3) is 0.316. The molecule has 1 saturated heterocycles. The topological polar surface area (TPSA) is 84.9 Å². The Balaban J connectivity index is 1.69. The number of hydrogen-bond donors (Lipinski definition) is 1. The number of ether oxygens (including phenoxy) is 2. The Bertz CT molecular complexity index is 994. The molecule has 0 aromatic heterocycles. The first kappa shape index (κ1) is 21.9. The monoisotopic (exact) mass is 458 g/mol. The number of amides is 1. The molecule has 7 nitrogen and oxygen atoms in total. The highest BCUT2D eigenvalue weighted by molar-refractivity contribution is 7.89. The molecule has 1 atom stereocenters. The zero-order valence-corrected chi connectivity index (χ0v) is 17.9. The lowest BCUT2D eigenvalue weighted by Crippen LogP contribution is -2.40. The number of halogens is 2. The molecule has 0 bridgehead atoms. The van der Waals surface area contributed by atoms with Crippen molar-refractivity contribution in [3.05, 3.63) is 52.5 Å². The molecule has 1 unspecified atom stereocenters. The van der Waals surface area contributed by atoms with Gasteiger partial charge in [-0.3, -0.25) is 4.79 Å². The second-order valence-corrected chi connectivity index (χ2v) is 9.15. The number of anilines is 1. The van der Waals surface area contributed by atoms with E-state index in [0.29, 0.717) is 42.8 Å². The largest absolute Gasteiger partial charge is 0.479 e. The van der Waals surface area contributed by atoms with Crippen molar-refractivity contribution in [2.75, 3.05) is 31.6 Å². The van der Waals surface area contributed by atoms with E-state index in [1.54, 1.807) is 31.2 Å². The van der Waals surface area contributed by atoms with Gasteiger partial charge in [-0.1, -0.05) is 29.3 Å². The van der Waals surface area contributed by atoms with Crippen molar-refractivity contribution < 1.29 is 22.7 Å². The molecule has 1 N–H and O–H groups in total. The lowest BCUT2D eigenvalue weighted by atomic mass is 10.3. The van der Waals surface area contributed by atoms with E-state index in [2.05, 4.69) is 5.32 Å². The van der Waals surface area contributed by atoms with Gasteiger partial charge < -0.3 is 14.8 Å². The summed E-state index contributed by atoms with van der Waals surface area (Å²) in [6, 6.07) is 10.8. The Morgan fingerprint density at radius 2 is 1.90 bits per heavy atom. The first-order chi connectivity index (χ1) is 13.8. The maximum absolute atomic E-state index is 12.8. The van der Waals surface area contributed by atoms with E-state index < -0.39 is 22.0 Å². The van der Waals surface area contributed by atoms with Crippen molar-refractivity contribution in [2.24, 2.45) is 0 Å². The summed E-state index contributed by atoms with van der Waals surface area (Å²) >= 11 is 11.9. The van der Waals surface area contributed by atoms with E-state index in [-0.39, 0.29) is 9.92 Å². The molecule has 0 spiro atoms. The number of benzene rings is 2. The Morgan fingerprint density at radius 1 is 1.17 bits per heavy atom. The van der Waals surface area contributed by atoms with Crippen molar-refractivity contribution in [3.8, 4) is 5.75 Å². The highest BCUT2D eigenvalue weighted by Crippen LogP contribution is 2.28. The van der Waals surface area contributed by atoms with E-state index in [1.807, 2.05) is 0 Å². The molecule has 3 rings (SSSR count). The summed E-state index contributed by atoms with van der Waals surface area (Å²) in [6.07, 6.45) is -0.867. The molecule has 0 aliphatic carbocycles. The average molecular weight is 459 g/mol. The van der Waals surface area contributed by atoms with Crippen LogP contribution in [0.4, 0.5) is 5.69 Å². The number of hydrogen-bond acceptors (Lipinski definition) is 5. The summed E-state index contributed by atoms with van der Waals surface area (Å²) in [6.45, 7) is 2.88. The normalized spacial score (nSPS) is 16.2. The Labute approximate surface area is 179 Å². The molecule has 0 radical (unpaired) electrons. The predicted octanol–water partition coefficient (Wildman–Crippen LogP) is 3.42. The second-order valence-electron chi connectivity index (χ2n) is 6.37. The third-order valence-electron chi connectivity index (χ3n) is 4.28. The number of carbonyl (C=O) groups is 1. The van der Waals surface area contributed by atoms with Gasteiger partial charge in [0.1, 0.15) is 5.75 Å². The lowest BCUT2D eigenvalue weighted by molar-refractivity contribution is -0.122. The number of nitrogens with zero attached hydrogens (tertiary/aromatic N) is 1. The zero-order chi connectivity index (χ0) is 21.0. The standard InChI is InChI=1S/C19H20Cl2N2O5S/c1-13(28-18-6-5-14(20)11-17(18)21)19(24)22-15-3-2-4-16(12-15)29(25,26)23-7-9-27-10-8-23/h2-6,11-13H,7-10H2,1H3,(H,22,24). The van der Waals surface area contributed by atoms with Crippen LogP contribution in [0.15, 0.2) is 47.4 Å². The molecule has 1 heterocycles. The van der Waals surface area contributed by atoms with Gasteiger partial charge in [-0.05, 0) is 43.3 Å². The van der Waals surface area contributed by atoms with E-state index in [0.717, 1.165) is 0 Å². The summed E-state index contributed by atoms with van der Waals surface area (Å²) < 4.78 is 37.7. The highest BCUT2D eigenvalue weighted by atomic mass is 35.5. The van der Waals surface area contributed by atoms with Gasteiger partial charge in [-0.25, -0.2) is 8.42 Å². The van der Waals surface area contributed by atoms with Gasteiger partial charge in [0.05, 0.1) is 23.1 Å². The third kappa shape index (κ3) is 5.40. The van der Waals surface area contributed by atoms with Crippen LogP contribution in [-0.4, -0.2) is 51.0 Å². The molecule has 10 heteroatoms. The molecule has 0 saturated carbocycles. The van der Waals surface area contributed by atoms with E-state index >= 15 is 0 Å². The summed E-state index contributed by atoms with van der Waals surface area (Å²) in [5.74, 6) is -0.126. The summed E-state index contributed by atoms with van der Waals surface area (Å²) in [7, 11) is -3.66. The molecule has 156 valence electrons. The highest BCUT2D eigenvalue weighted by Gasteiger charge is 2.26. The number of sulfonamides is 1. The first-order valence-electron chi connectivity index (χ1n) is 8.88. The SMILES string of the molecule is CC(Oc1ccc(Cl)cc1Cl)C(=O)Nc1cccc(S(=O)(=O)N2CCOCC2)c1. The van der Waals surface area contributed by atoms with Crippen LogP contribution < -0.4 is 10.1 Å². The van der Waals surface area contributed by atoms with Crippen LogP contribution in [0.3, 0.4) is 0 Å². The van der Waals surface area contributed by atoms with Crippen molar-refractivity contribution in [3.63, 3.8) is 0 Å². The molecular formula is C19H20Cl2N2O5S. The molecule has 2 aromatic carbocycles. The molecule has 1 fully saturated rings. The number of rotatable bonds is 6. The lowest BCUT2D eigenvalue weighted by Gasteiger charge is -2.26. The predicted molar refractivity (Wildman–Crippen MR) is 111 cm³/mol. The van der Waals surface area contributed by atoms with Gasteiger partial charge >= 0.3 is 0 Å². The Morgan fingerprint density at radius 3 is 2.59 bits per heavy atom. The number of morpholine rings is 1. The van der Waals surface area contributed by atoms with E-state index in [1.165, 1.54) is 22.5 Å². The van der Waals surface area contributed by atoms with Crippen LogP contribution in [0.2, 0.25) is 10.0 Å². The summed E-state index contributed by atoms with van der Waals surface area (Å²) in [5, 5.41) is 3.41. The van der Waals surface area contributed by atoms with Gasteiger partial charge in [-0.2, -0.15) is 4.31 Å². The second kappa shape index (κ2) is 9.32. The van der Waals surface area contributed by atoms with Crippen molar-refractivity contribution >= 4 is 44.8 Å². The first-order valence-corrected chi connectivity index (χ1v) is 11.1. The smallest absolute Gasteiger partial charge is 0.265 e. The minimum Gasteiger partial charge on any atom is -0.479 e. The molecule has 1 aliphatic rings. The van der Waals surface area contributed by atoms with E-state index in [4.69, 9.17) is 32.7 Å². The van der Waals surface area contributed by atoms with Gasteiger partial charge in [0.2, 0.25) is 10.0 Å². The van der Waals surface area contributed by atoms with E-state index in [9.17, 15) is 13.2 Å². The van der Waals surface area contributed by atoms with Crippen LogP contribution in [0.1, 0.15) is 6.92 Å². The average Bonchev–Trinajstić information content (AvgIpc) is 2.71. The molecule has 1 amide bonds. The van der Waals surface area contributed by atoms with Crippen molar-refractivity contribution in [2.45, 2.75) is 17.9 Å². The van der Waals surface area contributed by atoms with Gasteiger partial charge in [0, 0.05) is 23.8 Å². The van der Waals surface area contributed by atoms with Crippen LogP contribution >= 0.6 is 23.2 Å². The molecule has 1 aliphatic heterocycles. The fourth-order valence-corrected chi connectivity index (χ4v) is 4.64. The molecular weight excluding hydrogens is 439 g/mol. The van der Waals surface area contributed by atoms with Gasteiger partial charge in [-0.15, -0.1) is 0 Å².